The number of halogens is 1. The molecule has 0 aliphatic carbocycles. The van der Waals surface area contributed by atoms with E-state index in [0.717, 1.165) is 0 Å². The lowest BCUT2D eigenvalue weighted by atomic mass is 10.0. The third kappa shape index (κ3) is 5.18. The number of rotatable bonds is 7. The Bertz CT molecular complexity index is 431. The van der Waals surface area contributed by atoms with Crippen molar-refractivity contribution in [1.29, 1.82) is 0 Å². The molecule has 0 radical (unpaired) electrons. The van der Waals surface area contributed by atoms with Crippen LogP contribution in [0.25, 0.3) is 0 Å². The van der Waals surface area contributed by atoms with E-state index in [4.69, 9.17) is 4.84 Å². The summed E-state index contributed by atoms with van der Waals surface area (Å²) in [5.41, 5.74) is 0.502. The predicted molar refractivity (Wildman–Crippen MR) is 69.0 cm³/mol. The number of hydrogen-bond acceptors (Lipinski definition) is 3. The molecular formula is C14H18FNO3. The SMILES string of the molecule is CON(C)C(=O)CCCCC(=O)c1ccc(F)cc1. The van der Waals surface area contributed by atoms with E-state index in [0.29, 0.717) is 31.2 Å². The maximum atomic E-state index is 12.7. The molecule has 0 aliphatic heterocycles. The van der Waals surface area contributed by atoms with Gasteiger partial charge in [-0.25, -0.2) is 9.45 Å². The van der Waals surface area contributed by atoms with E-state index >= 15 is 0 Å². The van der Waals surface area contributed by atoms with Gasteiger partial charge in [0.15, 0.2) is 5.78 Å². The second-order valence-electron chi connectivity index (χ2n) is 4.21. The number of Topliss-reactive ketones (excluding diaryl/α,β-unsaturated/α-hetero) is 1. The van der Waals surface area contributed by atoms with Gasteiger partial charge in [0.2, 0.25) is 5.91 Å². The number of ketones is 1. The van der Waals surface area contributed by atoms with Gasteiger partial charge in [-0.15, -0.1) is 0 Å². The van der Waals surface area contributed by atoms with E-state index in [2.05, 4.69) is 0 Å². The second kappa shape index (κ2) is 7.63. The number of amides is 1. The molecule has 19 heavy (non-hydrogen) atoms. The summed E-state index contributed by atoms with van der Waals surface area (Å²) < 4.78 is 12.7. The van der Waals surface area contributed by atoms with Crippen LogP contribution in [0.15, 0.2) is 24.3 Å². The largest absolute Gasteiger partial charge is 0.294 e. The fraction of sp³-hybridized carbons (Fsp3) is 0.429. The molecule has 1 amide bonds. The maximum absolute atomic E-state index is 12.7. The molecule has 1 rings (SSSR count). The third-order valence-corrected chi connectivity index (χ3v) is 2.84. The van der Waals surface area contributed by atoms with Crippen molar-refractivity contribution in [3.63, 3.8) is 0 Å². The molecule has 0 saturated heterocycles. The zero-order valence-electron chi connectivity index (χ0n) is 11.2. The molecule has 0 saturated carbocycles. The summed E-state index contributed by atoms with van der Waals surface area (Å²) in [5.74, 6) is -0.506. The number of carbonyl (C=O) groups is 2. The van der Waals surface area contributed by atoms with E-state index in [1.54, 1.807) is 7.05 Å². The molecule has 0 aliphatic rings. The van der Waals surface area contributed by atoms with Gasteiger partial charge in [-0.1, -0.05) is 0 Å². The minimum atomic E-state index is -0.357. The Morgan fingerprint density at radius 1 is 1.16 bits per heavy atom. The molecule has 104 valence electrons. The van der Waals surface area contributed by atoms with Crippen molar-refractivity contribution in [3.8, 4) is 0 Å². The number of hydrogen-bond donors (Lipinski definition) is 0. The van der Waals surface area contributed by atoms with Gasteiger partial charge in [-0.2, -0.15) is 0 Å². The summed E-state index contributed by atoms with van der Waals surface area (Å²) in [5, 5.41) is 1.17. The van der Waals surface area contributed by atoms with Gasteiger partial charge in [0.1, 0.15) is 5.82 Å². The van der Waals surface area contributed by atoms with Crippen LogP contribution in [0.3, 0.4) is 0 Å². The molecule has 0 N–H and O–H groups in total. The van der Waals surface area contributed by atoms with Gasteiger partial charge in [0, 0.05) is 25.5 Å². The first kappa shape index (κ1) is 15.3. The lowest BCUT2D eigenvalue weighted by Crippen LogP contribution is -2.24. The predicted octanol–water partition coefficient (Wildman–Crippen LogP) is 2.59. The lowest BCUT2D eigenvalue weighted by Gasteiger charge is -2.12. The molecule has 0 spiro atoms. The standard InChI is InChI=1S/C14H18FNO3/c1-16(19-2)14(18)6-4-3-5-13(17)11-7-9-12(15)10-8-11/h7-10H,3-6H2,1-2H3. The van der Waals surface area contributed by atoms with Crippen LogP contribution in [0.2, 0.25) is 0 Å². The fourth-order valence-corrected chi connectivity index (χ4v) is 1.60. The molecule has 1 aromatic rings. The van der Waals surface area contributed by atoms with Gasteiger partial charge in [-0.05, 0) is 37.1 Å². The van der Waals surface area contributed by atoms with E-state index in [1.807, 2.05) is 0 Å². The van der Waals surface area contributed by atoms with Crippen molar-refractivity contribution in [2.75, 3.05) is 14.2 Å². The second-order valence-corrected chi connectivity index (χ2v) is 4.21. The number of hydroxylamine groups is 2. The minimum Gasteiger partial charge on any atom is -0.294 e. The fourth-order valence-electron chi connectivity index (χ4n) is 1.60. The van der Waals surface area contributed by atoms with Crippen molar-refractivity contribution in [3.05, 3.63) is 35.6 Å². The van der Waals surface area contributed by atoms with Crippen molar-refractivity contribution in [2.24, 2.45) is 0 Å². The van der Waals surface area contributed by atoms with Gasteiger partial charge >= 0.3 is 0 Å². The first-order valence-electron chi connectivity index (χ1n) is 6.14. The van der Waals surface area contributed by atoms with Crippen LogP contribution in [0.5, 0.6) is 0 Å². The molecule has 0 atom stereocenters. The van der Waals surface area contributed by atoms with Crippen LogP contribution in [0.1, 0.15) is 36.0 Å². The van der Waals surface area contributed by atoms with Gasteiger partial charge in [0.25, 0.3) is 0 Å². The van der Waals surface area contributed by atoms with Gasteiger partial charge in [0.05, 0.1) is 7.11 Å². The van der Waals surface area contributed by atoms with E-state index in [-0.39, 0.29) is 17.5 Å². The summed E-state index contributed by atoms with van der Waals surface area (Å²) in [6, 6.07) is 5.48. The van der Waals surface area contributed by atoms with Crippen molar-refractivity contribution >= 4 is 11.7 Å². The summed E-state index contributed by atoms with van der Waals surface area (Å²) >= 11 is 0. The Balaban J connectivity index is 2.28. The monoisotopic (exact) mass is 267 g/mol. The van der Waals surface area contributed by atoms with E-state index in [9.17, 15) is 14.0 Å². The zero-order valence-corrected chi connectivity index (χ0v) is 11.2. The van der Waals surface area contributed by atoms with Crippen LogP contribution in [-0.4, -0.2) is 30.9 Å². The van der Waals surface area contributed by atoms with E-state index in [1.165, 1.54) is 36.4 Å². The van der Waals surface area contributed by atoms with Crippen LogP contribution >= 0.6 is 0 Å². The lowest BCUT2D eigenvalue weighted by molar-refractivity contribution is -0.168. The Kier molecular flexibility index (Phi) is 6.15. The third-order valence-electron chi connectivity index (χ3n) is 2.84. The molecule has 1 aromatic carbocycles. The molecule has 0 heterocycles. The number of unbranched alkanes of at least 4 members (excludes halogenated alkanes) is 1. The first-order valence-corrected chi connectivity index (χ1v) is 6.14. The smallest absolute Gasteiger partial charge is 0.245 e. The average Bonchev–Trinajstić information content (AvgIpc) is 2.42. The van der Waals surface area contributed by atoms with Crippen molar-refractivity contribution in [2.45, 2.75) is 25.7 Å². The maximum Gasteiger partial charge on any atom is 0.245 e. The quantitative estimate of drug-likeness (QED) is 0.433. The van der Waals surface area contributed by atoms with Crippen LogP contribution in [0, 0.1) is 5.82 Å². The van der Waals surface area contributed by atoms with Crippen LogP contribution in [-0.2, 0) is 9.63 Å². The minimum absolute atomic E-state index is 0.0347. The van der Waals surface area contributed by atoms with Gasteiger partial charge < -0.3 is 0 Å². The summed E-state index contributed by atoms with van der Waals surface area (Å²) in [6.07, 6.45) is 1.95. The highest BCUT2D eigenvalue weighted by Crippen LogP contribution is 2.10. The molecular weight excluding hydrogens is 249 g/mol. The molecule has 0 aromatic heterocycles. The Hall–Kier alpha value is -1.75. The molecule has 0 unspecified atom stereocenters. The average molecular weight is 267 g/mol. The summed E-state index contributed by atoms with van der Waals surface area (Å²) in [4.78, 5) is 27.9. The normalized spacial score (nSPS) is 10.3. The Labute approximate surface area is 112 Å². The molecule has 0 fully saturated rings. The highest BCUT2D eigenvalue weighted by Gasteiger charge is 2.09. The van der Waals surface area contributed by atoms with Crippen LogP contribution < -0.4 is 0 Å². The number of nitrogens with zero attached hydrogens (tertiary/aromatic N) is 1. The molecule has 5 heteroatoms. The van der Waals surface area contributed by atoms with E-state index < -0.39 is 0 Å². The topological polar surface area (TPSA) is 46.6 Å². The Morgan fingerprint density at radius 3 is 2.32 bits per heavy atom. The molecule has 4 nitrogen and oxygen atoms in total. The van der Waals surface area contributed by atoms with Crippen LogP contribution in [0.4, 0.5) is 4.39 Å². The van der Waals surface area contributed by atoms with Gasteiger partial charge in [-0.3, -0.25) is 14.4 Å². The first-order chi connectivity index (χ1) is 9.04. The van der Waals surface area contributed by atoms with Crippen molar-refractivity contribution in [1.82, 2.24) is 5.06 Å². The Morgan fingerprint density at radius 2 is 1.74 bits per heavy atom. The number of benzene rings is 1. The van der Waals surface area contributed by atoms with Crippen molar-refractivity contribution < 1.29 is 18.8 Å². The highest BCUT2D eigenvalue weighted by molar-refractivity contribution is 5.95. The highest BCUT2D eigenvalue weighted by atomic mass is 19.1. The summed E-state index contributed by atoms with van der Waals surface area (Å²) in [7, 11) is 2.97. The molecule has 0 bridgehead atoms. The zero-order chi connectivity index (χ0) is 14.3. The number of carbonyl (C=O) groups excluding carboxylic acids is 2. The summed E-state index contributed by atoms with van der Waals surface area (Å²) in [6.45, 7) is 0.